The number of hydrogen-bond donors (Lipinski definition) is 5. The molecular formula is C50H71N9O12S4. The molecule has 7 rings (SSSR count). The van der Waals surface area contributed by atoms with Crippen LogP contribution in [0, 0.1) is 0 Å². The minimum Gasteiger partial charge on any atom is -0.454 e. The zero-order valence-electron chi connectivity index (χ0n) is 42.4. The first-order chi connectivity index (χ1) is 35.3. The number of para-hydroxylation sites is 2. The van der Waals surface area contributed by atoms with Crippen LogP contribution in [0.2, 0.25) is 0 Å². The van der Waals surface area contributed by atoms with Gasteiger partial charge in [-0.1, -0.05) is 63.1 Å². The number of hydrogen-bond acceptors (Lipinski definition) is 17. The lowest BCUT2D eigenvalue weighted by Crippen LogP contribution is -2.42. The number of sulfone groups is 2. The molecule has 2 aliphatic heterocycles. The number of carbonyl (C=O) groups is 2. The van der Waals surface area contributed by atoms with Gasteiger partial charge in [-0.05, 0) is 74.3 Å². The number of nitrogens with one attached hydrogen (secondary N) is 2. The van der Waals surface area contributed by atoms with E-state index in [1.165, 1.54) is 29.4 Å². The number of Topliss-reactive ketones (excluding diaryl/α,β-unsaturated/α-hetero) is 1. The molecule has 10 N–H and O–H groups in total. The van der Waals surface area contributed by atoms with E-state index in [-0.39, 0.29) is 43.9 Å². The molecule has 1 atom stereocenters. The molecule has 2 saturated heterocycles. The average molecular weight is 1120 g/mol. The quantitative estimate of drug-likeness (QED) is 0.0472. The maximum atomic E-state index is 13.0. The second-order valence-corrected chi connectivity index (χ2v) is 24.7. The van der Waals surface area contributed by atoms with Crippen molar-refractivity contribution in [3.8, 4) is 23.0 Å². The van der Waals surface area contributed by atoms with Gasteiger partial charge in [0.1, 0.15) is 33.7 Å². The number of unbranched alkanes of at least 4 members (excludes halogenated alkanes) is 2. The van der Waals surface area contributed by atoms with Crippen LogP contribution in [0.3, 0.4) is 0 Å². The molecule has 1 unspecified atom stereocenters. The molecule has 1 aromatic heterocycles. The van der Waals surface area contributed by atoms with Crippen LogP contribution in [0.15, 0.2) is 113 Å². The topological polar surface area (TPSA) is 330 Å². The molecule has 0 aliphatic carbocycles. The molecule has 0 saturated carbocycles. The summed E-state index contributed by atoms with van der Waals surface area (Å²) >= 11 is 0. The second kappa shape index (κ2) is 30.2. The summed E-state index contributed by atoms with van der Waals surface area (Å²) in [5.41, 5.74) is 6.86. The first-order valence-electron chi connectivity index (χ1n) is 24.4. The van der Waals surface area contributed by atoms with Crippen LogP contribution in [0.25, 0.3) is 0 Å². The van der Waals surface area contributed by atoms with Crippen molar-refractivity contribution in [2.75, 3.05) is 92.5 Å². The lowest BCUT2D eigenvalue weighted by Gasteiger charge is -2.26. The molecule has 2 fully saturated rings. The monoisotopic (exact) mass is 1120 g/mol. The summed E-state index contributed by atoms with van der Waals surface area (Å²) in [5.74, 6) is 1.86. The summed E-state index contributed by atoms with van der Waals surface area (Å²) in [5, 5.41) is 17.7. The highest BCUT2D eigenvalue weighted by Gasteiger charge is 2.26. The minimum atomic E-state index is -4.17. The Hall–Kier alpha value is -5.61. The first kappa shape index (κ1) is 61.9. The number of ketones is 1. The molecule has 0 bridgehead atoms. The van der Waals surface area contributed by atoms with Crippen molar-refractivity contribution in [1.82, 2.24) is 19.4 Å². The van der Waals surface area contributed by atoms with Crippen LogP contribution in [-0.4, -0.2) is 148 Å². The van der Waals surface area contributed by atoms with E-state index in [0.29, 0.717) is 111 Å². The highest BCUT2D eigenvalue weighted by atomic mass is 32.2. The number of benzene rings is 4. The number of sulfonamides is 1. The smallest absolute Gasteiger partial charge is 0.263 e. The standard InChI is InChI=1S/C24H33N3O5S2.C20H22N4O4S.C6H14N2O2S.H2O/c1-2-3-11-26-21-17-19(22(28)10-7-12-27-13-15-34(30,31)16-14-27)18-23(33(25)29)24(21)32-20-8-5-4-6-9-20;1-2-3-9-23-17-12-15(20(25)24-11-10-22-14-24)13-18(29(21,26)27)19(17)28-16-7-5-4-6-8-16;7-1-2-8-3-5-11(9,10)6-4-8;/h4-6,8-9,17-18,26H,2-3,7,10-16,25H2,1H3;4-8,10-14,23H,2-3,9H2,1H3,(H2,21,26,27);1-7H2;1H2. The van der Waals surface area contributed by atoms with Gasteiger partial charge in [-0.25, -0.2) is 44.7 Å². The van der Waals surface area contributed by atoms with Crippen molar-refractivity contribution in [1.29, 1.82) is 0 Å². The Kier molecular flexibility index (Phi) is 24.9. The van der Waals surface area contributed by atoms with E-state index >= 15 is 0 Å². The summed E-state index contributed by atoms with van der Waals surface area (Å²) < 4.78 is 95.3. The molecule has 412 valence electrons. The number of aromatic nitrogens is 2. The SMILES string of the molecule is CCCCNc1cc(C(=O)CCCN2CCS(=O)(=O)CC2)cc(S(N)=O)c1Oc1ccccc1.CCCCNc1cc(C(=O)n2ccnc2)cc(S(N)(=O)=O)c1Oc1ccccc1.NCCN1CCS(=O)(=O)CC1.O. The Labute approximate surface area is 443 Å². The Balaban J connectivity index is 0.000000269. The summed E-state index contributed by atoms with van der Waals surface area (Å²) in [6, 6.07) is 24.0. The van der Waals surface area contributed by atoms with Gasteiger partial charge in [-0.3, -0.25) is 14.2 Å². The molecule has 4 aromatic carbocycles. The van der Waals surface area contributed by atoms with E-state index in [9.17, 15) is 39.1 Å². The van der Waals surface area contributed by atoms with E-state index in [1.807, 2.05) is 31.2 Å². The minimum absolute atomic E-state index is 0. The van der Waals surface area contributed by atoms with Crippen molar-refractivity contribution >= 4 is 63.7 Å². The number of imidazole rings is 1. The Bertz CT molecular complexity index is 2940. The fraction of sp³-hybridized carbons (Fsp3) is 0.420. The van der Waals surface area contributed by atoms with Gasteiger partial charge in [0.15, 0.2) is 37.0 Å². The Morgan fingerprint density at radius 3 is 1.68 bits per heavy atom. The van der Waals surface area contributed by atoms with Crippen LogP contribution in [0.5, 0.6) is 23.0 Å². The Morgan fingerprint density at radius 2 is 1.21 bits per heavy atom. The molecule has 25 heteroatoms. The van der Waals surface area contributed by atoms with Gasteiger partial charge in [0.2, 0.25) is 10.0 Å². The predicted molar refractivity (Wildman–Crippen MR) is 293 cm³/mol. The van der Waals surface area contributed by atoms with Crippen LogP contribution in [0.4, 0.5) is 11.4 Å². The summed E-state index contributed by atoms with van der Waals surface area (Å²) in [7, 11) is -11.7. The fourth-order valence-corrected chi connectivity index (χ4v) is 11.4. The van der Waals surface area contributed by atoms with Crippen LogP contribution < -0.4 is 36.1 Å². The van der Waals surface area contributed by atoms with Gasteiger partial charge in [0.05, 0.1) is 39.3 Å². The molecule has 2 aliphatic rings. The van der Waals surface area contributed by atoms with Gasteiger partial charge < -0.3 is 41.1 Å². The highest BCUT2D eigenvalue weighted by molar-refractivity contribution is 7.91. The van der Waals surface area contributed by atoms with Crippen LogP contribution >= 0.6 is 0 Å². The number of nitrogens with two attached hydrogens (primary N) is 3. The third-order valence-corrected chi connectivity index (χ3v) is 16.6. The van der Waals surface area contributed by atoms with Crippen molar-refractivity contribution in [3.63, 3.8) is 0 Å². The molecule has 5 aromatic rings. The van der Waals surface area contributed by atoms with E-state index in [4.69, 9.17) is 25.5 Å². The molecule has 0 amide bonds. The van der Waals surface area contributed by atoms with Gasteiger partial charge in [-0.2, -0.15) is 0 Å². The summed E-state index contributed by atoms with van der Waals surface area (Å²) in [4.78, 5) is 33.8. The van der Waals surface area contributed by atoms with Crippen molar-refractivity contribution < 1.29 is 54.0 Å². The number of nitrogens with zero attached hydrogens (tertiary/aromatic N) is 4. The molecule has 0 spiro atoms. The zero-order valence-corrected chi connectivity index (χ0v) is 45.7. The average Bonchev–Trinajstić information content (AvgIpc) is 3.92. The van der Waals surface area contributed by atoms with Crippen LogP contribution in [-0.2, 0) is 40.7 Å². The van der Waals surface area contributed by atoms with Crippen molar-refractivity contribution in [2.45, 2.75) is 62.2 Å². The molecule has 21 nitrogen and oxygen atoms in total. The van der Waals surface area contributed by atoms with Crippen molar-refractivity contribution in [3.05, 3.63) is 115 Å². The third kappa shape index (κ3) is 20.1. The van der Waals surface area contributed by atoms with Gasteiger partial charge in [0.25, 0.3) is 5.91 Å². The van der Waals surface area contributed by atoms with Gasteiger partial charge in [0, 0.05) is 82.3 Å². The molecule has 3 heterocycles. The molecule has 0 radical (unpaired) electrons. The number of primary sulfonamides is 1. The number of ether oxygens (including phenoxy) is 2. The van der Waals surface area contributed by atoms with Crippen LogP contribution in [0.1, 0.15) is 73.1 Å². The predicted octanol–water partition coefficient (Wildman–Crippen LogP) is 4.44. The largest absolute Gasteiger partial charge is 0.454 e. The van der Waals surface area contributed by atoms with Crippen molar-refractivity contribution in [2.24, 2.45) is 16.0 Å². The number of carbonyl (C=O) groups excluding carboxylic acids is 2. The summed E-state index contributed by atoms with van der Waals surface area (Å²) in [6.07, 6.45) is 8.92. The maximum Gasteiger partial charge on any atom is 0.263 e. The van der Waals surface area contributed by atoms with Gasteiger partial charge >= 0.3 is 0 Å². The zero-order chi connectivity index (χ0) is 53.7. The normalized spacial score (nSPS) is 15.6. The van der Waals surface area contributed by atoms with Gasteiger partial charge in [-0.15, -0.1) is 0 Å². The Morgan fingerprint density at radius 1 is 0.720 bits per heavy atom. The molecule has 75 heavy (non-hydrogen) atoms. The van der Waals surface area contributed by atoms with E-state index in [1.54, 1.807) is 54.6 Å². The highest BCUT2D eigenvalue weighted by Crippen LogP contribution is 2.38. The van der Waals surface area contributed by atoms with E-state index < -0.39 is 46.6 Å². The fourth-order valence-electron chi connectivity index (χ4n) is 7.60. The lowest BCUT2D eigenvalue weighted by atomic mass is 10.0. The number of anilines is 2. The number of rotatable bonds is 22. The first-order valence-corrected chi connectivity index (χ1v) is 30.8. The second-order valence-electron chi connectivity index (χ2n) is 17.5. The summed E-state index contributed by atoms with van der Waals surface area (Å²) in [6.45, 7) is 9.78. The third-order valence-electron chi connectivity index (χ3n) is 11.8. The van der Waals surface area contributed by atoms with E-state index in [0.717, 1.165) is 32.2 Å². The molecular weight excluding hydrogens is 1050 g/mol. The lowest BCUT2D eigenvalue weighted by molar-refractivity contribution is 0.0956. The maximum absolute atomic E-state index is 13.0. The van der Waals surface area contributed by atoms with E-state index in [2.05, 4.69) is 32.3 Å².